The first kappa shape index (κ1) is 19.7. The van der Waals surface area contributed by atoms with E-state index < -0.39 is 23.1 Å². The van der Waals surface area contributed by atoms with E-state index >= 15 is 0 Å². The molecule has 4 aromatic carbocycles. The average molecular weight is 450 g/mol. The number of aromatic amines is 1. The van der Waals surface area contributed by atoms with Gasteiger partial charge in [-0.3, -0.25) is 9.59 Å². The van der Waals surface area contributed by atoms with Crippen LogP contribution in [0.4, 0.5) is 0 Å². The number of para-hydroxylation sites is 1. The Bertz CT molecular complexity index is 1900. The molecule has 3 N–H and O–H groups in total. The number of carbonyl (C=O) groups is 2. The third-order valence-corrected chi connectivity index (χ3v) is 6.18. The number of H-pyrrole nitrogens is 1. The van der Waals surface area contributed by atoms with Crippen LogP contribution < -0.4 is 11.1 Å². The minimum atomic E-state index is -1.37. The van der Waals surface area contributed by atoms with Crippen molar-refractivity contribution in [3.8, 4) is 5.69 Å². The SMILES string of the molecule is O=C(O)c1cc(C(=O)O)cc(-n2c(=O)c3ccc4[nH]c5ccccc5c5ccc(c2=O)c3c45)c1. The van der Waals surface area contributed by atoms with E-state index in [9.17, 15) is 29.4 Å². The number of benzene rings is 4. The van der Waals surface area contributed by atoms with Crippen molar-refractivity contribution in [3.05, 3.63) is 98.6 Å². The van der Waals surface area contributed by atoms with Crippen LogP contribution in [-0.4, -0.2) is 31.7 Å². The van der Waals surface area contributed by atoms with Crippen molar-refractivity contribution < 1.29 is 19.8 Å². The number of rotatable bonds is 3. The maximum atomic E-state index is 13.5. The molecule has 0 atom stereocenters. The highest BCUT2D eigenvalue weighted by molar-refractivity contribution is 6.27. The topological polar surface area (TPSA) is 129 Å². The molecule has 2 heterocycles. The Morgan fingerprint density at radius 2 is 1.24 bits per heavy atom. The highest BCUT2D eigenvalue weighted by Crippen LogP contribution is 2.35. The highest BCUT2D eigenvalue weighted by atomic mass is 16.4. The van der Waals surface area contributed by atoms with E-state index in [1.807, 2.05) is 30.3 Å². The lowest BCUT2D eigenvalue weighted by Gasteiger charge is -2.15. The van der Waals surface area contributed by atoms with E-state index in [0.29, 0.717) is 5.39 Å². The van der Waals surface area contributed by atoms with Gasteiger partial charge in [0.25, 0.3) is 11.1 Å². The summed E-state index contributed by atoms with van der Waals surface area (Å²) in [4.78, 5) is 53.5. The van der Waals surface area contributed by atoms with Crippen LogP contribution in [0, 0.1) is 0 Å². The van der Waals surface area contributed by atoms with Gasteiger partial charge in [-0.1, -0.05) is 24.3 Å². The Morgan fingerprint density at radius 1 is 0.647 bits per heavy atom. The summed E-state index contributed by atoms with van der Waals surface area (Å²) in [6.07, 6.45) is 0. The smallest absolute Gasteiger partial charge is 0.335 e. The lowest BCUT2D eigenvalue weighted by Crippen LogP contribution is -2.32. The number of aromatic carboxylic acids is 2. The van der Waals surface area contributed by atoms with Gasteiger partial charge >= 0.3 is 11.9 Å². The molecule has 0 saturated carbocycles. The summed E-state index contributed by atoms with van der Waals surface area (Å²) in [5.74, 6) is -2.74. The molecule has 34 heavy (non-hydrogen) atoms. The molecule has 0 aliphatic carbocycles. The summed E-state index contributed by atoms with van der Waals surface area (Å²) >= 11 is 0. The third kappa shape index (κ3) is 2.59. The molecule has 6 aromatic rings. The zero-order chi connectivity index (χ0) is 23.7. The molecule has 0 radical (unpaired) electrons. The summed E-state index contributed by atoms with van der Waals surface area (Å²) in [7, 11) is 0. The van der Waals surface area contributed by atoms with E-state index in [1.54, 1.807) is 18.2 Å². The quantitative estimate of drug-likeness (QED) is 0.276. The fourth-order valence-electron chi connectivity index (χ4n) is 4.71. The number of nitrogens with zero attached hydrogens (tertiary/aromatic N) is 1. The van der Waals surface area contributed by atoms with Crippen LogP contribution in [0.3, 0.4) is 0 Å². The number of aromatic nitrogens is 2. The van der Waals surface area contributed by atoms with Gasteiger partial charge in [-0.15, -0.1) is 0 Å². The Morgan fingerprint density at radius 3 is 1.88 bits per heavy atom. The van der Waals surface area contributed by atoms with Gasteiger partial charge in [-0.05, 0) is 47.9 Å². The number of pyridine rings is 2. The van der Waals surface area contributed by atoms with Gasteiger partial charge in [0.2, 0.25) is 0 Å². The number of carboxylic acid groups (broad SMARTS) is 2. The summed E-state index contributed by atoms with van der Waals surface area (Å²) in [5.41, 5.74) is -0.420. The van der Waals surface area contributed by atoms with E-state index in [2.05, 4.69) is 4.98 Å². The monoisotopic (exact) mass is 450 g/mol. The standard InChI is InChI=1S/C26H14N2O6/c29-23-17-6-5-16-15-3-1-2-4-19(15)27-20-8-7-18(21(17)22(16)20)24(30)28(23)14-10-12(25(31)32)9-13(11-14)26(33)34/h1-11,27H,(H,31,32)(H,33,34). The molecule has 0 bridgehead atoms. The zero-order valence-corrected chi connectivity index (χ0v) is 17.3. The predicted octanol–water partition coefficient (Wildman–Crippen LogP) is 3.97. The molecule has 0 aliphatic rings. The van der Waals surface area contributed by atoms with Gasteiger partial charge in [-0.2, -0.15) is 0 Å². The second kappa shape index (κ2) is 6.76. The zero-order valence-electron chi connectivity index (χ0n) is 17.3. The van der Waals surface area contributed by atoms with E-state index in [0.717, 1.165) is 50.0 Å². The van der Waals surface area contributed by atoms with Crippen LogP contribution in [0.25, 0.3) is 49.0 Å². The van der Waals surface area contributed by atoms with E-state index in [1.165, 1.54) is 0 Å². The van der Waals surface area contributed by atoms with Crippen LogP contribution in [0.5, 0.6) is 0 Å². The summed E-state index contributed by atoms with van der Waals surface area (Å²) in [6.45, 7) is 0. The molecule has 0 saturated heterocycles. The Hall–Kier alpha value is -4.98. The van der Waals surface area contributed by atoms with Gasteiger partial charge in [0.15, 0.2) is 0 Å². The largest absolute Gasteiger partial charge is 0.478 e. The predicted molar refractivity (Wildman–Crippen MR) is 128 cm³/mol. The number of nitrogens with one attached hydrogen (secondary N) is 1. The molecule has 6 rings (SSSR count). The third-order valence-electron chi connectivity index (χ3n) is 6.18. The van der Waals surface area contributed by atoms with E-state index in [4.69, 9.17) is 0 Å². The van der Waals surface area contributed by atoms with Crippen molar-refractivity contribution in [1.82, 2.24) is 9.55 Å². The minimum Gasteiger partial charge on any atom is -0.478 e. The van der Waals surface area contributed by atoms with Gasteiger partial charge < -0.3 is 15.2 Å². The average Bonchev–Trinajstić information content (AvgIpc) is 2.83. The Kier molecular flexibility index (Phi) is 3.91. The van der Waals surface area contributed by atoms with Crippen molar-refractivity contribution in [3.63, 3.8) is 0 Å². The number of fused-ring (bicyclic) bond motifs is 2. The van der Waals surface area contributed by atoms with Crippen LogP contribution in [0.1, 0.15) is 20.7 Å². The lowest BCUT2D eigenvalue weighted by atomic mass is 9.95. The highest BCUT2D eigenvalue weighted by Gasteiger charge is 2.20. The van der Waals surface area contributed by atoms with Crippen molar-refractivity contribution in [2.24, 2.45) is 0 Å². The van der Waals surface area contributed by atoms with Crippen molar-refractivity contribution in [2.45, 2.75) is 0 Å². The first-order chi connectivity index (χ1) is 16.3. The van der Waals surface area contributed by atoms with Crippen molar-refractivity contribution in [2.75, 3.05) is 0 Å². The molecule has 2 aromatic heterocycles. The molecule has 0 spiro atoms. The van der Waals surface area contributed by atoms with Crippen LogP contribution in [0.15, 0.2) is 76.3 Å². The molecule has 0 fully saturated rings. The van der Waals surface area contributed by atoms with Crippen molar-refractivity contribution in [1.29, 1.82) is 0 Å². The summed E-state index contributed by atoms with van der Waals surface area (Å²) in [6, 6.07) is 17.8. The normalized spacial score (nSPS) is 11.6. The Labute approximate surface area is 189 Å². The lowest BCUT2D eigenvalue weighted by molar-refractivity contribution is 0.0696. The van der Waals surface area contributed by atoms with Gasteiger partial charge in [0.1, 0.15) is 0 Å². The van der Waals surface area contributed by atoms with Crippen LogP contribution in [-0.2, 0) is 0 Å². The molecule has 8 nitrogen and oxygen atoms in total. The molecular formula is C26H14N2O6. The number of carboxylic acids is 2. The molecule has 8 heteroatoms. The summed E-state index contributed by atoms with van der Waals surface area (Å²) < 4.78 is 0.836. The Balaban J connectivity index is 1.79. The van der Waals surface area contributed by atoms with Crippen LogP contribution in [0.2, 0.25) is 0 Å². The molecule has 0 amide bonds. The van der Waals surface area contributed by atoms with Crippen LogP contribution >= 0.6 is 0 Å². The first-order valence-electron chi connectivity index (χ1n) is 10.3. The molecule has 0 unspecified atom stereocenters. The second-order valence-electron chi connectivity index (χ2n) is 8.07. The second-order valence-corrected chi connectivity index (χ2v) is 8.07. The fourth-order valence-corrected chi connectivity index (χ4v) is 4.71. The molecule has 0 aliphatic heterocycles. The van der Waals surface area contributed by atoms with Crippen molar-refractivity contribution >= 4 is 55.3 Å². The van der Waals surface area contributed by atoms with Gasteiger partial charge in [0, 0.05) is 38.0 Å². The van der Waals surface area contributed by atoms with Gasteiger partial charge in [-0.25, -0.2) is 14.2 Å². The van der Waals surface area contributed by atoms with E-state index in [-0.39, 0.29) is 27.6 Å². The molecular weight excluding hydrogens is 436 g/mol. The molecule has 164 valence electrons. The fraction of sp³-hybridized carbons (Fsp3) is 0. The number of hydrogen-bond acceptors (Lipinski definition) is 4. The maximum absolute atomic E-state index is 13.5. The minimum absolute atomic E-state index is 0.116. The van der Waals surface area contributed by atoms with Gasteiger partial charge in [0.05, 0.1) is 16.8 Å². The maximum Gasteiger partial charge on any atom is 0.335 e. The first-order valence-corrected chi connectivity index (χ1v) is 10.3. The number of hydrogen-bond donors (Lipinski definition) is 3. The summed E-state index contributed by atoms with van der Waals surface area (Å²) in [5, 5.41) is 22.5.